The summed E-state index contributed by atoms with van der Waals surface area (Å²) in [4.78, 5) is 0. The van der Waals surface area contributed by atoms with Crippen molar-refractivity contribution >= 4 is 11.4 Å². The fourth-order valence-electron chi connectivity index (χ4n) is 1.08. The van der Waals surface area contributed by atoms with Crippen LogP contribution in [0.5, 0.6) is 0 Å². The second kappa shape index (κ2) is 4.79. The van der Waals surface area contributed by atoms with Gasteiger partial charge in [-0.05, 0) is 24.6 Å². The Morgan fingerprint density at radius 2 is 2.14 bits per heavy atom. The fourth-order valence-corrected chi connectivity index (χ4v) is 1.08. The van der Waals surface area contributed by atoms with Crippen LogP contribution < -0.4 is 11.1 Å². The number of hydrogen-bond acceptors (Lipinski definition) is 2. The summed E-state index contributed by atoms with van der Waals surface area (Å²) in [5, 5.41) is 2.88. The number of nitrogens with two attached hydrogens (primary N) is 1. The van der Waals surface area contributed by atoms with Crippen LogP contribution in [0.2, 0.25) is 0 Å². The van der Waals surface area contributed by atoms with Gasteiger partial charge < -0.3 is 11.1 Å². The van der Waals surface area contributed by atoms with Gasteiger partial charge >= 0.3 is 0 Å². The molecule has 78 valence electrons. The van der Waals surface area contributed by atoms with Crippen LogP contribution in [0.4, 0.5) is 20.2 Å². The second-order valence-corrected chi connectivity index (χ2v) is 3.18. The minimum atomic E-state index is -2.26. The Morgan fingerprint density at radius 1 is 1.43 bits per heavy atom. The van der Waals surface area contributed by atoms with Gasteiger partial charge in [0.25, 0.3) is 0 Å². The first kappa shape index (κ1) is 10.8. The Labute approximate surface area is 82.1 Å². The van der Waals surface area contributed by atoms with Gasteiger partial charge in [-0.25, -0.2) is 8.78 Å². The number of benzene rings is 1. The van der Waals surface area contributed by atoms with Gasteiger partial charge in [-0.2, -0.15) is 0 Å². The topological polar surface area (TPSA) is 38.0 Å². The van der Waals surface area contributed by atoms with Gasteiger partial charge in [0.2, 0.25) is 6.43 Å². The SMILES string of the molecule is Cc1ccc(NCCC(F)F)cc1N. The number of nitrogen functional groups attached to an aromatic ring is 1. The Bertz CT molecular complexity index is 300. The van der Waals surface area contributed by atoms with Gasteiger partial charge in [0, 0.05) is 24.3 Å². The van der Waals surface area contributed by atoms with Crippen molar-refractivity contribution in [3.63, 3.8) is 0 Å². The Hall–Kier alpha value is -1.32. The van der Waals surface area contributed by atoms with E-state index >= 15 is 0 Å². The molecule has 4 heteroatoms. The molecule has 0 bridgehead atoms. The summed E-state index contributed by atoms with van der Waals surface area (Å²) in [5.41, 5.74) is 8.11. The number of aryl methyl sites for hydroxylation is 1. The highest BCUT2D eigenvalue weighted by atomic mass is 19.3. The van der Waals surface area contributed by atoms with Crippen LogP contribution in [-0.4, -0.2) is 13.0 Å². The maximum absolute atomic E-state index is 11.8. The van der Waals surface area contributed by atoms with Gasteiger partial charge in [0.1, 0.15) is 0 Å². The number of rotatable bonds is 4. The van der Waals surface area contributed by atoms with Gasteiger partial charge in [0.05, 0.1) is 0 Å². The fraction of sp³-hybridized carbons (Fsp3) is 0.400. The summed E-state index contributed by atoms with van der Waals surface area (Å²) in [6, 6.07) is 5.44. The largest absolute Gasteiger partial charge is 0.398 e. The molecule has 3 N–H and O–H groups in total. The first-order chi connectivity index (χ1) is 6.59. The van der Waals surface area contributed by atoms with Crippen LogP contribution in [0, 0.1) is 6.92 Å². The van der Waals surface area contributed by atoms with Crippen molar-refractivity contribution in [2.24, 2.45) is 0 Å². The molecule has 0 atom stereocenters. The van der Waals surface area contributed by atoms with Crippen molar-refractivity contribution in [2.75, 3.05) is 17.6 Å². The lowest BCUT2D eigenvalue weighted by atomic mass is 10.2. The van der Waals surface area contributed by atoms with Gasteiger partial charge in [-0.1, -0.05) is 6.07 Å². The average molecular weight is 200 g/mol. The lowest BCUT2D eigenvalue weighted by Crippen LogP contribution is -2.06. The standard InChI is InChI=1S/C10H14F2N2/c1-7-2-3-8(6-9(7)13)14-5-4-10(11)12/h2-3,6,10,14H,4-5,13H2,1H3. The number of hydrogen-bond donors (Lipinski definition) is 2. The van der Waals surface area contributed by atoms with Crippen molar-refractivity contribution in [1.82, 2.24) is 0 Å². The van der Waals surface area contributed by atoms with E-state index in [1.54, 1.807) is 6.07 Å². The molecule has 0 aliphatic rings. The zero-order valence-corrected chi connectivity index (χ0v) is 8.06. The Morgan fingerprint density at radius 3 is 2.71 bits per heavy atom. The molecule has 14 heavy (non-hydrogen) atoms. The maximum atomic E-state index is 11.8. The van der Waals surface area contributed by atoms with Crippen molar-refractivity contribution in [1.29, 1.82) is 0 Å². The zero-order chi connectivity index (χ0) is 10.6. The van der Waals surface area contributed by atoms with E-state index in [2.05, 4.69) is 5.32 Å². The molecule has 2 nitrogen and oxygen atoms in total. The minimum absolute atomic E-state index is 0.145. The third-order valence-electron chi connectivity index (χ3n) is 1.97. The van der Waals surface area contributed by atoms with E-state index in [0.717, 1.165) is 11.3 Å². The molecule has 0 unspecified atom stereocenters. The van der Waals surface area contributed by atoms with E-state index in [1.165, 1.54) is 0 Å². The van der Waals surface area contributed by atoms with Crippen LogP contribution in [0.15, 0.2) is 18.2 Å². The molecule has 0 heterocycles. The van der Waals surface area contributed by atoms with Crippen LogP contribution in [0.25, 0.3) is 0 Å². The molecule has 0 aliphatic carbocycles. The van der Waals surface area contributed by atoms with Crippen molar-refractivity contribution in [2.45, 2.75) is 19.8 Å². The summed E-state index contributed by atoms with van der Waals surface area (Å²) in [6.45, 7) is 2.17. The molecule has 0 aromatic heterocycles. The number of anilines is 2. The van der Waals surface area contributed by atoms with Crippen LogP contribution in [-0.2, 0) is 0 Å². The molecular weight excluding hydrogens is 186 g/mol. The summed E-state index contributed by atoms with van der Waals surface area (Å²) in [6.07, 6.45) is -2.40. The molecule has 0 aliphatic heterocycles. The molecule has 1 aromatic carbocycles. The van der Waals surface area contributed by atoms with Gasteiger partial charge in [0.15, 0.2) is 0 Å². The van der Waals surface area contributed by atoms with Crippen LogP contribution >= 0.6 is 0 Å². The molecule has 0 amide bonds. The first-order valence-corrected chi connectivity index (χ1v) is 4.47. The molecular formula is C10H14F2N2. The molecule has 0 saturated heterocycles. The molecule has 0 spiro atoms. The van der Waals surface area contributed by atoms with E-state index in [1.807, 2.05) is 19.1 Å². The van der Waals surface area contributed by atoms with Gasteiger partial charge in [-0.15, -0.1) is 0 Å². The van der Waals surface area contributed by atoms with Crippen molar-refractivity contribution in [3.05, 3.63) is 23.8 Å². The van der Waals surface area contributed by atoms with Crippen LogP contribution in [0.3, 0.4) is 0 Å². The zero-order valence-electron chi connectivity index (χ0n) is 8.06. The normalized spacial score (nSPS) is 10.6. The summed E-state index contributed by atoms with van der Waals surface area (Å²) in [5.74, 6) is 0. The van der Waals surface area contributed by atoms with Gasteiger partial charge in [-0.3, -0.25) is 0 Å². The number of alkyl halides is 2. The Kier molecular flexibility index (Phi) is 3.68. The van der Waals surface area contributed by atoms with Crippen LogP contribution in [0.1, 0.15) is 12.0 Å². The average Bonchev–Trinajstić information content (AvgIpc) is 2.10. The number of halogens is 2. The summed E-state index contributed by atoms with van der Waals surface area (Å²) < 4.78 is 23.6. The quantitative estimate of drug-likeness (QED) is 0.733. The smallest absolute Gasteiger partial charge is 0.240 e. The maximum Gasteiger partial charge on any atom is 0.240 e. The summed E-state index contributed by atoms with van der Waals surface area (Å²) >= 11 is 0. The molecule has 1 aromatic rings. The predicted octanol–water partition coefficient (Wildman–Crippen LogP) is 2.64. The highest BCUT2D eigenvalue weighted by molar-refractivity contribution is 5.58. The summed E-state index contributed by atoms with van der Waals surface area (Å²) in [7, 11) is 0. The molecule has 0 fully saturated rings. The van der Waals surface area contributed by atoms with Crippen molar-refractivity contribution < 1.29 is 8.78 Å². The Balaban J connectivity index is 2.47. The predicted molar refractivity (Wildman–Crippen MR) is 54.7 cm³/mol. The lowest BCUT2D eigenvalue weighted by molar-refractivity contribution is 0.142. The highest BCUT2D eigenvalue weighted by Crippen LogP contribution is 2.16. The lowest BCUT2D eigenvalue weighted by Gasteiger charge is -2.07. The molecule has 0 saturated carbocycles. The molecule has 0 radical (unpaired) electrons. The monoisotopic (exact) mass is 200 g/mol. The van der Waals surface area contributed by atoms with E-state index in [4.69, 9.17) is 5.73 Å². The van der Waals surface area contributed by atoms with Crippen molar-refractivity contribution in [3.8, 4) is 0 Å². The minimum Gasteiger partial charge on any atom is -0.398 e. The highest BCUT2D eigenvalue weighted by Gasteiger charge is 2.01. The second-order valence-electron chi connectivity index (χ2n) is 3.18. The third kappa shape index (κ3) is 3.20. The third-order valence-corrected chi connectivity index (χ3v) is 1.97. The van der Waals surface area contributed by atoms with E-state index < -0.39 is 6.43 Å². The number of nitrogens with one attached hydrogen (secondary N) is 1. The van der Waals surface area contributed by atoms with E-state index in [0.29, 0.717) is 5.69 Å². The molecule has 1 rings (SSSR count). The first-order valence-electron chi connectivity index (χ1n) is 4.47. The van der Waals surface area contributed by atoms with E-state index in [-0.39, 0.29) is 13.0 Å². The van der Waals surface area contributed by atoms with E-state index in [9.17, 15) is 8.78 Å².